The molecule has 0 amide bonds. The van der Waals surface area contributed by atoms with Gasteiger partial charge in [-0.3, -0.25) is 14.3 Å². The molecule has 0 spiro atoms. The highest BCUT2D eigenvalue weighted by Crippen LogP contribution is 2.28. The van der Waals surface area contributed by atoms with Crippen molar-refractivity contribution in [1.82, 2.24) is 0 Å². The predicted octanol–water partition coefficient (Wildman–Crippen LogP) is 1.86. The summed E-state index contributed by atoms with van der Waals surface area (Å²) in [7, 11) is -0.962. The second-order valence-corrected chi connectivity index (χ2v) is 6.09. The van der Waals surface area contributed by atoms with E-state index in [0.717, 1.165) is 0 Å². The number of nitro benzene ring substituents is 1. The molecule has 8 heteroatoms. The van der Waals surface area contributed by atoms with Crippen LogP contribution >= 0.6 is 0 Å². The first-order valence-corrected chi connectivity index (χ1v) is 7.53. The van der Waals surface area contributed by atoms with Crippen molar-refractivity contribution in [2.24, 2.45) is 0 Å². The molecule has 0 bridgehead atoms. The third-order valence-electron chi connectivity index (χ3n) is 2.88. The molecule has 0 heterocycles. The molecule has 0 aliphatic heterocycles. The van der Waals surface area contributed by atoms with E-state index in [1.54, 1.807) is 6.26 Å². The van der Waals surface area contributed by atoms with E-state index in [1.165, 1.54) is 18.2 Å². The number of benzene rings is 1. The maximum atomic E-state index is 11.2. The topological polar surface area (TPSA) is 110 Å². The monoisotopic (exact) mass is 300 g/mol. The molecule has 0 aliphatic rings. The summed E-state index contributed by atoms with van der Waals surface area (Å²) in [5.41, 5.74) is -0.652. The summed E-state index contributed by atoms with van der Waals surface area (Å²) < 4.78 is 11.2. The molecule has 0 saturated carbocycles. The Balaban J connectivity index is 2.90. The lowest BCUT2D eigenvalue weighted by molar-refractivity contribution is -0.384. The van der Waals surface area contributed by atoms with Crippen molar-refractivity contribution < 1.29 is 19.0 Å². The zero-order valence-electron chi connectivity index (χ0n) is 11.2. The van der Waals surface area contributed by atoms with Gasteiger partial charge in [0.05, 0.1) is 4.92 Å². The maximum absolute atomic E-state index is 11.2. The highest BCUT2D eigenvalue weighted by atomic mass is 32.2. The maximum Gasteiger partial charge on any atom is 0.342 e. The second-order valence-electron chi connectivity index (χ2n) is 4.29. The number of aromatic carboxylic acids is 1. The summed E-state index contributed by atoms with van der Waals surface area (Å²) in [5, 5.41) is 22.8. The molecule has 110 valence electrons. The van der Waals surface area contributed by atoms with E-state index in [1.807, 2.05) is 6.92 Å². The summed E-state index contributed by atoms with van der Waals surface area (Å²) in [5.74, 6) is -1.34. The summed E-state index contributed by atoms with van der Waals surface area (Å²) in [6.45, 7) is 2.20. The van der Waals surface area contributed by atoms with Crippen molar-refractivity contribution in [2.45, 2.75) is 18.6 Å². The molecule has 20 heavy (non-hydrogen) atoms. The molecule has 0 aliphatic carbocycles. The van der Waals surface area contributed by atoms with Crippen molar-refractivity contribution in [3.05, 3.63) is 33.9 Å². The van der Waals surface area contributed by atoms with Crippen LogP contribution in [0, 0.1) is 10.1 Å². The highest BCUT2D eigenvalue weighted by Gasteiger charge is 2.23. The van der Waals surface area contributed by atoms with Gasteiger partial charge in [-0.15, -0.1) is 0 Å². The zero-order chi connectivity index (χ0) is 15.3. The van der Waals surface area contributed by atoms with Crippen molar-refractivity contribution in [2.75, 3.05) is 18.1 Å². The summed E-state index contributed by atoms with van der Waals surface area (Å²) in [6.07, 6.45) is 2.16. The van der Waals surface area contributed by atoms with E-state index in [-0.39, 0.29) is 16.5 Å². The lowest BCUT2D eigenvalue weighted by Crippen LogP contribution is -2.16. The van der Waals surface area contributed by atoms with Crippen molar-refractivity contribution >= 4 is 28.1 Å². The normalized spacial score (nSPS) is 13.5. The number of hydrogen-bond acceptors (Lipinski definition) is 5. The van der Waals surface area contributed by atoms with Gasteiger partial charge in [0.25, 0.3) is 0 Å². The number of carbonyl (C=O) groups is 1. The molecule has 0 radical (unpaired) electrons. The van der Waals surface area contributed by atoms with E-state index >= 15 is 0 Å². The molecule has 0 saturated heterocycles. The SMILES string of the molecule is CC(CCNc1cccc(C(=O)O)c1[N+](=O)[O-])S(C)=O. The van der Waals surface area contributed by atoms with Crippen LogP contribution in [-0.2, 0) is 10.8 Å². The van der Waals surface area contributed by atoms with Gasteiger partial charge in [-0.2, -0.15) is 0 Å². The minimum atomic E-state index is -1.34. The molecule has 1 rings (SSSR count). The van der Waals surface area contributed by atoms with E-state index in [2.05, 4.69) is 5.32 Å². The van der Waals surface area contributed by atoms with Gasteiger partial charge in [0.1, 0.15) is 11.3 Å². The number of para-hydroxylation sites is 1. The van der Waals surface area contributed by atoms with E-state index in [0.29, 0.717) is 13.0 Å². The molecular weight excluding hydrogens is 284 g/mol. The van der Waals surface area contributed by atoms with Gasteiger partial charge >= 0.3 is 11.7 Å². The molecular formula is C12H16N2O5S. The van der Waals surface area contributed by atoms with Crippen LogP contribution in [0.15, 0.2) is 18.2 Å². The Hall–Kier alpha value is -1.96. The van der Waals surface area contributed by atoms with Crippen molar-refractivity contribution in [1.29, 1.82) is 0 Å². The number of nitrogens with one attached hydrogen (secondary N) is 1. The number of rotatable bonds is 7. The fraction of sp³-hybridized carbons (Fsp3) is 0.417. The van der Waals surface area contributed by atoms with Gasteiger partial charge in [-0.05, 0) is 18.6 Å². The summed E-state index contributed by atoms with van der Waals surface area (Å²) in [6, 6.07) is 4.09. The lowest BCUT2D eigenvalue weighted by Gasteiger charge is -2.11. The number of anilines is 1. The van der Waals surface area contributed by atoms with Gasteiger partial charge in [-0.25, -0.2) is 4.79 Å². The number of carboxylic acid groups (broad SMARTS) is 1. The Morgan fingerprint density at radius 1 is 1.55 bits per heavy atom. The molecule has 2 atom stereocenters. The lowest BCUT2D eigenvalue weighted by atomic mass is 10.1. The van der Waals surface area contributed by atoms with E-state index in [9.17, 15) is 19.1 Å². The third-order valence-corrected chi connectivity index (χ3v) is 4.25. The van der Waals surface area contributed by atoms with Crippen LogP contribution in [0.4, 0.5) is 11.4 Å². The Kier molecular flexibility index (Phi) is 5.63. The van der Waals surface area contributed by atoms with Gasteiger partial charge < -0.3 is 10.4 Å². The molecule has 1 aromatic rings. The fourth-order valence-electron chi connectivity index (χ4n) is 1.63. The van der Waals surface area contributed by atoms with E-state index < -0.39 is 27.4 Å². The average Bonchev–Trinajstić information content (AvgIpc) is 2.37. The number of carboxylic acids is 1. The highest BCUT2D eigenvalue weighted by molar-refractivity contribution is 7.84. The van der Waals surface area contributed by atoms with Crippen LogP contribution in [0.3, 0.4) is 0 Å². The zero-order valence-corrected chi connectivity index (χ0v) is 12.0. The Morgan fingerprint density at radius 2 is 2.20 bits per heavy atom. The van der Waals surface area contributed by atoms with Crippen LogP contribution < -0.4 is 5.32 Å². The minimum absolute atomic E-state index is 0.0378. The quantitative estimate of drug-likeness (QED) is 0.587. The van der Waals surface area contributed by atoms with Gasteiger partial charge in [-0.1, -0.05) is 13.0 Å². The second kappa shape index (κ2) is 6.99. The molecule has 2 N–H and O–H groups in total. The summed E-state index contributed by atoms with van der Waals surface area (Å²) in [4.78, 5) is 21.3. The van der Waals surface area contributed by atoms with Crippen LogP contribution in [-0.4, -0.2) is 38.3 Å². The van der Waals surface area contributed by atoms with Gasteiger partial charge in [0.2, 0.25) is 0 Å². The molecule has 2 unspecified atom stereocenters. The van der Waals surface area contributed by atoms with Crippen LogP contribution in [0.25, 0.3) is 0 Å². The van der Waals surface area contributed by atoms with Crippen molar-refractivity contribution in [3.8, 4) is 0 Å². The number of nitro groups is 1. The fourth-order valence-corrected chi connectivity index (χ4v) is 2.08. The Labute approximate surface area is 118 Å². The van der Waals surface area contributed by atoms with Crippen molar-refractivity contribution in [3.63, 3.8) is 0 Å². The predicted molar refractivity (Wildman–Crippen MR) is 76.7 cm³/mol. The van der Waals surface area contributed by atoms with Crippen LogP contribution in [0.5, 0.6) is 0 Å². The number of nitrogens with zero attached hydrogens (tertiary/aromatic N) is 1. The summed E-state index contributed by atoms with van der Waals surface area (Å²) >= 11 is 0. The Morgan fingerprint density at radius 3 is 2.70 bits per heavy atom. The van der Waals surface area contributed by atoms with Gasteiger partial charge in [0, 0.05) is 28.9 Å². The molecule has 0 aromatic heterocycles. The van der Waals surface area contributed by atoms with Crippen LogP contribution in [0.2, 0.25) is 0 Å². The molecule has 0 fully saturated rings. The molecule has 1 aromatic carbocycles. The smallest absolute Gasteiger partial charge is 0.342 e. The first-order valence-electron chi connectivity index (χ1n) is 5.91. The third kappa shape index (κ3) is 4.02. The van der Waals surface area contributed by atoms with Crippen LogP contribution in [0.1, 0.15) is 23.7 Å². The van der Waals surface area contributed by atoms with E-state index in [4.69, 9.17) is 5.11 Å². The first kappa shape index (κ1) is 16.1. The average molecular weight is 300 g/mol. The first-order chi connectivity index (χ1) is 9.34. The molecule has 7 nitrogen and oxygen atoms in total. The van der Waals surface area contributed by atoms with Gasteiger partial charge in [0.15, 0.2) is 0 Å². The standard InChI is InChI=1S/C12H16N2O5S/c1-8(20(2)19)6-7-13-10-5-3-4-9(12(15)16)11(10)14(17)18/h3-5,8,13H,6-7H2,1-2H3,(H,15,16). The largest absolute Gasteiger partial charge is 0.477 e. The minimum Gasteiger partial charge on any atom is -0.477 e. The number of hydrogen-bond donors (Lipinski definition) is 2. The Bertz CT molecular complexity index is 547.